The molecule has 0 saturated heterocycles. The molecule has 20 heavy (non-hydrogen) atoms. The van der Waals surface area contributed by atoms with E-state index in [0.29, 0.717) is 6.54 Å². The average molecular weight is 291 g/mol. The van der Waals surface area contributed by atoms with Gasteiger partial charge >= 0.3 is 0 Å². The molecule has 0 spiro atoms. The predicted octanol–water partition coefficient (Wildman–Crippen LogP) is 1.74. The molecule has 2 rings (SSSR count). The van der Waals surface area contributed by atoms with Gasteiger partial charge in [-0.25, -0.2) is 0 Å². The van der Waals surface area contributed by atoms with Gasteiger partial charge in [0.05, 0.1) is 17.9 Å². The van der Waals surface area contributed by atoms with Crippen molar-refractivity contribution in [2.75, 3.05) is 39.1 Å². The number of likely N-dealkylation sites (N-methyl/N-ethyl adjacent to an activating group) is 1. The van der Waals surface area contributed by atoms with Crippen LogP contribution >= 0.6 is 0 Å². The molecule has 0 aromatic heterocycles. The number of hydrogen-bond donors (Lipinski definition) is 2. The van der Waals surface area contributed by atoms with Gasteiger partial charge in [0, 0.05) is 37.1 Å². The first-order valence-corrected chi connectivity index (χ1v) is 7.79. The molecule has 2 aromatic carbocycles. The summed E-state index contributed by atoms with van der Waals surface area (Å²) in [5.74, 6) is 0. The first-order chi connectivity index (χ1) is 9.65. The summed E-state index contributed by atoms with van der Waals surface area (Å²) in [6, 6.07) is 12.1. The fraction of sp³-hybridized carbons (Fsp3) is 0.333. The number of nitrogens with one attached hydrogen (secondary N) is 2. The molecule has 0 fully saturated rings. The lowest BCUT2D eigenvalue weighted by molar-refractivity contribution is 0.579. The van der Waals surface area contributed by atoms with E-state index >= 15 is 0 Å². The van der Waals surface area contributed by atoms with Crippen molar-refractivity contribution in [1.82, 2.24) is 10.0 Å². The van der Waals surface area contributed by atoms with E-state index in [1.54, 1.807) is 0 Å². The van der Waals surface area contributed by atoms with Crippen molar-refractivity contribution in [3.63, 3.8) is 0 Å². The Morgan fingerprint density at radius 2 is 1.75 bits per heavy atom. The summed E-state index contributed by atoms with van der Waals surface area (Å²) >= 11 is -1.19. The van der Waals surface area contributed by atoms with Crippen LogP contribution in [0.2, 0.25) is 0 Å². The number of hydrogen-bond acceptors (Lipinski definition) is 4. The van der Waals surface area contributed by atoms with E-state index in [2.05, 4.69) is 27.1 Å². The fourth-order valence-electron chi connectivity index (χ4n) is 2.16. The van der Waals surface area contributed by atoms with Crippen molar-refractivity contribution in [3.8, 4) is 0 Å². The van der Waals surface area contributed by atoms with Gasteiger partial charge in [-0.05, 0) is 25.2 Å². The number of rotatable bonds is 6. The molecular formula is C15H21N3OS. The molecular weight excluding hydrogens is 270 g/mol. The monoisotopic (exact) mass is 291 g/mol. The van der Waals surface area contributed by atoms with Crippen LogP contribution < -0.4 is 14.9 Å². The van der Waals surface area contributed by atoms with Crippen LogP contribution in [0.5, 0.6) is 0 Å². The molecule has 0 aliphatic rings. The lowest BCUT2D eigenvalue weighted by Gasteiger charge is -2.17. The van der Waals surface area contributed by atoms with Crippen molar-refractivity contribution in [2.45, 2.75) is 4.90 Å². The molecule has 0 bridgehead atoms. The maximum Gasteiger partial charge on any atom is 0.181 e. The topological polar surface area (TPSA) is 50.4 Å². The molecule has 1 atom stereocenters. The molecule has 0 radical (unpaired) electrons. The molecule has 2 aromatic rings. The van der Waals surface area contributed by atoms with Gasteiger partial charge in [0.15, 0.2) is 4.90 Å². The largest absolute Gasteiger partial charge is 0.593 e. The van der Waals surface area contributed by atoms with E-state index < -0.39 is 11.4 Å². The smallest absolute Gasteiger partial charge is 0.181 e. The summed E-state index contributed by atoms with van der Waals surface area (Å²) in [6.45, 7) is 1.46. The first-order valence-electron chi connectivity index (χ1n) is 6.64. The molecule has 1 unspecified atom stereocenters. The van der Waals surface area contributed by atoms with Gasteiger partial charge in [0.25, 0.3) is 0 Å². The first kappa shape index (κ1) is 15.1. The third kappa shape index (κ3) is 3.24. The lowest BCUT2D eigenvalue weighted by atomic mass is 10.1. The van der Waals surface area contributed by atoms with Crippen LogP contribution in [0.1, 0.15) is 0 Å². The van der Waals surface area contributed by atoms with E-state index in [4.69, 9.17) is 0 Å². The lowest BCUT2D eigenvalue weighted by Crippen LogP contribution is -2.30. The second-order valence-corrected chi connectivity index (χ2v) is 6.06. The van der Waals surface area contributed by atoms with Crippen LogP contribution in [-0.2, 0) is 11.4 Å². The minimum atomic E-state index is -1.19. The van der Waals surface area contributed by atoms with Crippen LogP contribution in [0.15, 0.2) is 41.3 Å². The van der Waals surface area contributed by atoms with Gasteiger partial charge in [-0.3, -0.25) is 0 Å². The van der Waals surface area contributed by atoms with E-state index in [-0.39, 0.29) is 0 Å². The number of anilines is 1. The molecule has 0 aliphatic carbocycles. The summed E-state index contributed by atoms with van der Waals surface area (Å²) in [5.41, 5.74) is 1.14. The third-order valence-electron chi connectivity index (χ3n) is 3.15. The Kier molecular flexibility index (Phi) is 5.25. The molecule has 0 amide bonds. The highest BCUT2D eigenvalue weighted by Gasteiger charge is 2.16. The molecule has 5 heteroatoms. The zero-order valence-electron chi connectivity index (χ0n) is 12.1. The van der Waals surface area contributed by atoms with E-state index in [9.17, 15) is 4.55 Å². The van der Waals surface area contributed by atoms with E-state index in [0.717, 1.165) is 27.9 Å². The van der Waals surface area contributed by atoms with Crippen molar-refractivity contribution in [1.29, 1.82) is 0 Å². The van der Waals surface area contributed by atoms with Gasteiger partial charge < -0.3 is 14.8 Å². The van der Waals surface area contributed by atoms with Gasteiger partial charge in [-0.15, -0.1) is 4.72 Å². The minimum absolute atomic E-state index is 0.673. The Morgan fingerprint density at radius 3 is 2.45 bits per heavy atom. The summed E-state index contributed by atoms with van der Waals surface area (Å²) in [6.07, 6.45) is 0. The van der Waals surface area contributed by atoms with Crippen LogP contribution in [0, 0.1) is 0 Å². The zero-order chi connectivity index (χ0) is 14.5. The van der Waals surface area contributed by atoms with Gasteiger partial charge in [0.1, 0.15) is 0 Å². The summed E-state index contributed by atoms with van der Waals surface area (Å²) in [7, 11) is 5.92. The maximum atomic E-state index is 12.4. The standard InChI is InChI=1S/C15H21N3OS/c1-16-10-11-17-20(19)15-9-5-6-12-13(15)7-4-8-14(12)18(2)3/h4-9,16-17H,10-11H2,1-3H3. The van der Waals surface area contributed by atoms with Crippen LogP contribution in [-0.4, -0.2) is 38.8 Å². The number of nitrogens with zero attached hydrogens (tertiary/aromatic N) is 1. The third-order valence-corrected chi connectivity index (χ3v) is 4.37. The molecule has 0 heterocycles. The summed E-state index contributed by atoms with van der Waals surface area (Å²) < 4.78 is 15.4. The second-order valence-electron chi connectivity index (χ2n) is 4.79. The highest BCUT2D eigenvalue weighted by atomic mass is 32.2. The highest BCUT2D eigenvalue weighted by molar-refractivity contribution is 7.89. The zero-order valence-corrected chi connectivity index (χ0v) is 13.0. The minimum Gasteiger partial charge on any atom is -0.593 e. The average Bonchev–Trinajstić information content (AvgIpc) is 2.46. The Labute approximate surface area is 123 Å². The fourth-order valence-corrected chi connectivity index (χ4v) is 3.19. The Balaban J connectivity index is 2.37. The second kappa shape index (κ2) is 6.95. The Bertz CT molecular complexity index is 574. The van der Waals surface area contributed by atoms with Crippen molar-refractivity contribution >= 4 is 27.8 Å². The van der Waals surface area contributed by atoms with Gasteiger partial charge in [0.2, 0.25) is 0 Å². The van der Waals surface area contributed by atoms with Crippen molar-refractivity contribution < 1.29 is 4.55 Å². The Hall–Kier alpha value is -1.27. The molecule has 0 aliphatic heterocycles. The normalized spacial score (nSPS) is 12.6. The van der Waals surface area contributed by atoms with Crippen LogP contribution in [0.4, 0.5) is 5.69 Å². The van der Waals surface area contributed by atoms with E-state index in [1.165, 1.54) is 0 Å². The molecule has 0 saturated carbocycles. The number of benzene rings is 2. The van der Waals surface area contributed by atoms with Crippen molar-refractivity contribution in [2.24, 2.45) is 0 Å². The molecule has 2 N–H and O–H groups in total. The maximum absolute atomic E-state index is 12.4. The van der Waals surface area contributed by atoms with Gasteiger partial charge in [-0.2, -0.15) is 0 Å². The number of fused-ring (bicyclic) bond motifs is 1. The SMILES string of the molecule is CNCCN[S+]([O-])c1cccc2c(N(C)C)cccc12. The summed E-state index contributed by atoms with van der Waals surface area (Å²) in [5, 5.41) is 5.19. The van der Waals surface area contributed by atoms with Gasteiger partial charge in [-0.1, -0.05) is 18.2 Å². The highest BCUT2D eigenvalue weighted by Crippen LogP contribution is 2.29. The predicted molar refractivity (Wildman–Crippen MR) is 86.6 cm³/mol. The summed E-state index contributed by atoms with van der Waals surface area (Å²) in [4.78, 5) is 2.91. The quantitative estimate of drug-likeness (QED) is 0.629. The Morgan fingerprint density at radius 1 is 1.05 bits per heavy atom. The van der Waals surface area contributed by atoms with Crippen molar-refractivity contribution in [3.05, 3.63) is 36.4 Å². The van der Waals surface area contributed by atoms with E-state index in [1.807, 2.05) is 45.4 Å². The van der Waals surface area contributed by atoms with Crippen LogP contribution in [0.25, 0.3) is 10.8 Å². The molecule has 108 valence electrons. The van der Waals surface area contributed by atoms with Crippen LogP contribution in [0.3, 0.4) is 0 Å². The molecule has 4 nitrogen and oxygen atoms in total.